The highest BCUT2D eigenvalue weighted by atomic mass is 16.7. The van der Waals surface area contributed by atoms with E-state index in [0.29, 0.717) is 0 Å². The van der Waals surface area contributed by atoms with E-state index in [0.717, 1.165) is 0 Å². The number of carboxylic acid groups (broad SMARTS) is 1. The fourth-order valence-corrected chi connectivity index (χ4v) is 3.52. The van der Waals surface area contributed by atoms with Gasteiger partial charge in [-0.05, 0) is 0 Å². The summed E-state index contributed by atoms with van der Waals surface area (Å²) in [5.74, 6) is -3.78. The molecule has 2 saturated heterocycles. The number of carboxylic acids is 1. The highest BCUT2D eigenvalue weighted by Crippen LogP contribution is 2.30. The van der Waals surface area contributed by atoms with Crippen LogP contribution in [0.5, 0.6) is 0 Å². The number of rotatable bonds is 12. The molecule has 2 aliphatic rings. The number of hydrogen-bond donors (Lipinski definition) is 12. The van der Waals surface area contributed by atoms with Crippen molar-refractivity contribution in [2.24, 2.45) is 5.73 Å². The van der Waals surface area contributed by atoms with Gasteiger partial charge in [0.15, 0.2) is 6.29 Å². The van der Waals surface area contributed by atoms with Crippen molar-refractivity contribution in [2.75, 3.05) is 32.8 Å². The van der Waals surface area contributed by atoms with Gasteiger partial charge in [0.05, 0.1) is 25.6 Å². The van der Waals surface area contributed by atoms with Gasteiger partial charge in [-0.3, -0.25) is 15.5 Å². The van der Waals surface area contributed by atoms with Gasteiger partial charge in [-0.25, -0.2) is 0 Å². The minimum absolute atomic E-state index is 0.0793. The molecule has 16 nitrogen and oxygen atoms in total. The lowest BCUT2D eigenvalue weighted by molar-refractivity contribution is -0.367. The van der Waals surface area contributed by atoms with E-state index in [1.807, 2.05) is 0 Å². The van der Waals surface area contributed by atoms with Gasteiger partial charge >= 0.3 is 5.97 Å². The molecule has 0 bridgehead atoms. The van der Waals surface area contributed by atoms with Crippen molar-refractivity contribution in [3.05, 3.63) is 0 Å². The summed E-state index contributed by atoms with van der Waals surface area (Å²) in [5.41, 5.74) is 5.23. The first-order valence-corrected chi connectivity index (χ1v) is 10.6. The molecule has 2 heterocycles. The van der Waals surface area contributed by atoms with Gasteiger partial charge in [0.25, 0.3) is 0 Å². The first kappa shape index (κ1) is 28.7. The molecule has 2 rings (SSSR count). The number of amidine groups is 1. The Hall–Kier alpha value is -1.54. The maximum absolute atomic E-state index is 11.5. The molecule has 2 fully saturated rings. The standard InChI is InChI=1S/C18H34N4O12/c19-10(20)1-2-21-3-7(16(29)30)22-6-18(31)15(28)14(8(24)5-32-18)34-17-13(27)12(26)11(25)9(4-23)33-17/h7-9,11-15,17,21-28,31H,1-6H2,(H3,19,20)(H,29,30)/t7?,8-,9-,11-,12+,13-,14+,15+,17-,18-/m1/s1. The van der Waals surface area contributed by atoms with Crippen LogP contribution in [0.25, 0.3) is 0 Å². The number of ether oxygens (including phenoxy) is 3. The molecule has 0 spiro atoms. The van der Waals surface area contributed by atoms with E-state index in [1.165, 1.54) is 0 Å². The molecule has 1 unspecified atom stereocenters. The van der Waals surface area contributed by atoms with Crippen molar-refractivity contribution in [2.45, 2.75) is 67.3 Å². The molecule has 2 aliphatic heterocycles. The van der Waals surface area contributed by atoms with Crippen LogP contribution < -0.4 is 16.4 Å². The summed E-state index contributed by atoms with van der Waals surface area (Å²) in [6.45, 7) is -1.76. The minimum Gasteiger partial charge on any atom is -0.480 e. The van der Waals surface area contributed by atoms with Gasteiger partial charge in [0.1, 0.15) is 48.8 Å². The second kappa shape index (κ2) is 12.4. The maximum Gasteiger partial charge on any atom is 0.322 e. The molecule has 0 radical (unpaired) electrons. The van der Waals surface area contributed by atoms with Crippen molar-refractivity contribution >= 4 is 11.8 Å². The Labute approximate surface area is 194 Å². The zero-order valence-corrected chi connectivity index (χ0v) is 18.2. The van der Waals surface area contributed by atoms with E-state index < -0.39 is 86.6 Å². The summed E-state index contributed by atoms with van der Waals surface area (Å²) in [7, 11) is 0. The lowest BCUT2D eigenvalue weighted by atomic mass is 9.95. The molecular formula is C18H34N4O12. The SMILES string of the molecule is N=C(N)CCNCC(NC[C@@]1(O)OC[C@@H](O)[C@H](O[C@H]2O[C@H](CO)[C@@H](O)[C@H](O)[C@H]2O)[C@@H]1O)C(=O)O. The topological polar surface area (TPSA) is 281 Å². The third-order valence-electron chi connectivity index (χ3n) is 5.62. The number of aliphatic carboxylic acids is 1. The average molecular weight is 498 g/mol. The molecule has 16 heteroatoms. The van der Waals surface area contributed by atoms with Crippen molar-refractivity contribution in [1.29, 1.82) is 5.41 Å². The Morgan fingerprint density at radius 3 is 2.47 bits per heavy atom. The number of aliphatic hydroxyl groups excluding tert-OH is 6. The second-order valence-electron chi connectivity index (χ2n) is 8.22. The summed E-state index contributed by atoms with van der Waals surface area (Å²) >= 11 is 0. The maximum atomic E-state index is 11.5. The summed E-state index contributed by atoms with van der Waals surface area (Å²) in [6, 6.07) is -1.23. The van der Waals surface area contributed by atoms with Crippen LogP contribution in [0.3, 0.4) is 0 Å². The van der Waals surface area contributed by atoms with Crippen LogP contribution in [0.4, 0.5) is 0 Å². The second-order valence-corrected chi connectivity index (χ2v) is 8.22. The molecule has 13 N–H and O–H groups in total. The van der Waals surface area contributed by atoms with Crippen LogP contribution in [0.2, 0.25) is 0 Å². The Morgan fingerprint density at radius 1 is 1.21 bits per heavy atom. The van der Waals surface area contributed by atoms with Crippen molar-refractivity contribution in [1.82, 2.24) is 10.6 Å². The molecule has 0 aromatic carbocycles. The lowest BCUT2D eigenvalue weighted by Crippen LogP contribution is -2.68. The van der Waals surface area contributed by atoms with Gasteiger partial charge in [-0.2, -0.15) is 0 Å². The highest BCUT2D eigenvalue weighted by Gasteiger charge is 2.53. The van der Waals surface area contributed by atoms with Gasteiger partial charge in [-0.1, -0.05) is 0 Å². The van der Waals surface area contributed by atoms with Gasteiger partial charge in [-0.15, -0.1) is 0 Å². The molecule has 0 aromatic rings. The normalized spacial score (nSPS) is 39.5. The number of aliphatic hydroxyl groups is 7. The van der Waals surface area contributed by atoms with Crippen LogP contribution in [-0.2, 0) is 19.0 Å². The van der Waals surface area contributed by atoms with Crippen LogP contribution in [0, 0.1) is 5.41 Å². The zero-order valence-electron chi connectivity index (χ0n) is 18.2. The predicted octanol–water partition coefficient (Wildman–Crippen LogP) is -6.43. The summed E-state index contributed by atoms with van der Waals surface area (Å²) in [5, 5.41) is 92.6. The number of hydrogen-bond acceptors (Lipinski definition) is 14. The van der Waals surface area contributed by atoms with Gasteiger partial charge in [0.2, 0.25) is 5.79 Å². The highest BCUT2D eigenvalue weighted by molar-refractivity contribution is 5.77. The molecule has 10 atom stereocenters. The fraction of sp³-hybridized carbons (Fsp3) is 0.889. The zero-order chi connectivity index (χ0) is 25.6. The molecule has 0 aromatic heterocycles. The predicted molar refractivity (Wildman–Crippen MR) is 110 cm³/mol. The minimum atomic E-state index is -2.43. The van der Waals surface area contributed by atoms with Crippen molar-refractivity contribution in [3.8, 4) is 0 Å². The first-order valence-electron chi connectivity index (χ1n) is 10.6. The number of nitrogens with two attached hydrogens (primary N) is 1. The largest absolute Gasteiger partial charge is 0.480 e. The Balaban J connectivity index is 2.02. The lowest BCUT2D eigenvalue weighted by Gasteiger charge is -2.47. The molecule has 198 valence electrons. The smallest absolute Gasteiger partial charge is 0.322 e. The summed E-state index contributed by atoms with van der Waals surface area (Å²) < 4.78 is 15.7. The molecule has 0 saturated carbocycles. The fourth-order valence-electron chi connectivity index (χ4n) is 3.52. The van der Waals surface area contributed by atoms with E-state index in [1.54, 1.807) is 0 Å². The van der Waals surface area contributed by atoms with Gasteiger partial charge < -0.3 is 66.1 Å². The summed E-state index contributed by atoms with van der Waals surface area (Å²) in [6.07, 6.45) is -13.2. The van der Waals surface area contributed by atoms with E-state index in [2.05, 4.69) is 10.6 Å². The van der Waals surface area contributed by atoms with Crippen LogP contribution >= 0.6 is 0 Å². The van der Waals surface area contributed by atoms with Crippen LogP contribution in [0.1, 0.15) is 6.42 Å². The van der Waals surface area contributed by atoms with Crippen LogP contribution in [0.15, 0.2) is 0 Å². The van der Waals surface area contributed by atoms with Crippen molar-refractivity contribution < 1.29 is 59.9 Å². The third kappa shape index (κ3) is 7.00. The van der Waals surface area contributed by atoms with Gasteiger partial charge in [0, 0.05) is 19.5 Å². The third-order valence-corrected chi connectivity index (χ3v) is 5.62. The Bertz CT molecular complexity index is 687. The van der Waals surface area contributed by atoms with E-state index >= 15 is 0 Å². The van der Waals surface area contributed by atoms with Crippen molar-refractivity contribution in [3.63, 3.8) is 0 Å². The van der Waals surface area contributed by atoms with Crippen LogP contribution in [-0.4, -0.2) is 146 Å². The number of carbonyl (C=O) groups is 1. The first-order chi connectivity index (χ1) is 15.9. The molecule has 0 amide bonds. The quantitative estimate of drug-likeness (QED) is 0.0677. The average Bonchev–Trinajstić information content (AvgIpc) is 2.78. The van der Waals surface area contributed by atoms with E-state index in [9.17, 15) is 45.6 Å². The molecular weight excluding hydrogens is 464 g/mol. The van der Waals surface area contributed by atoms with E-state index in [4.69, 9.17) is 25.4 Å². The van der Waals surface area contributed by atoms with E-state index in [-0.39, 0.29) is 25.3 Å². The molecule has 0 aliphatic carbocycles. The Morgan fingerprint density at radius 2 is 1.88 bits per heavy atom. The molecule has 34 heavy (non-hydrogen) atoms. The summed E-state index contributed by atoms with van der Waals surface area (Å²) in [4.78, 5) is 11.5. The number of nitrogens with one attached hydrogen (secondary N) is 3. The Kier molecular flexibility index (Phi) is 10.5. The monoisotopic (exact) mass is 498 g/mol.